The van der Waals surface area contributed by atoms with Crippen molar-refractivity contribution in [3.63, 3.8) is 0 Å². The Morgan fingerprint density at radius 1 is 1.18 bits per heavy atom. The quantitative estimate of drug-likeness (QED) is 0.666. The summed E-state index contributed by atoms with van der Waals surface area (Å²) in [7, 11) is 0. The van der Waals surface area contributed by atoms with Gasteiger partial charge >= 0.3 is 0 Å². The van der Waals surface area contributed by atoms with Crippen molar-refractivity contribution >= 4 is 5.91 Å². The van der Waals surface area contributed by atoms with Gasteiger partial charge in [-0.2, -0.15) is 0 Å². The Morgan fingerprint density at radius 2 is 1.88 bits per heavy atom. The maximum absolute atomic E-state index is 11.6. The third-order valence-corrected chi connectivity index (χ3v) is 2.20. The van der Waals surface area contributed by atoms with Crippen LogP contribution in [0.15, 0.2) is 30.3 Å². The van der Waals surface area contributed by atoms with Crippen LogP contribution in [0.1, 0.15) is 12.0 Å². The van der Waals surface area contributed by atoms with Gasteiger partial charge < -0.3 is 11.5 Å². The second kappa shape index (κ2) is 7.78. The third kappa shape index (κ3) is 4.95. The molecule has 0 saturated heterocycles. The van der Waals surface area contributed by atoms with Crippen molar-refractivity contribution in [2.24, 2.45) is 11.5 Å². The number of hydroxylamine groups is 2. The molecule has 4 N–H and O–H groups in total. The topological polar surface area (TPSA) is 81.6 Å². The van der Waals surface area contributed by atoms with Crippen molar-refractivity contribution in [2.45, 2.75) is 13.0 Å². The van der Waals surface area contributed by atoms with Crippen LogP contribution in [-0.2, 0) is 16.2 Å². The summed E-state index contributed by atoms with van der Waals surface area (Å²) in [5.74, 6) is -0.131. The maximum Gasteiger partial charge on any atom is 0.247 e. The molecule has 5 heteroatoms. The Balaban J connectivity index is 2.47. The number of hydrogen-bond donors (Lipinski definition) is 2. The summed E-state index contributed by atoms with van der Waals surface area (Å²) >= 11 is 0. The highest BCUT2D eigenvalue weighted by Crippen LogP contribution is 2.04. The van der Waals surface area contributed by atoms with Gasteiger partial charge in [-0.15, -0.1) is 0 Å². The minimum absolute atomic E-state index is 0.131. The van der Waals surface area contributed by atoms with Crippen molar-refractivity contribution in [3.8, 4) is 0 Å². The van der Waals surface area contributed by atoms with Gasteiger partial charge in [-0.05, 0) is 5.56 Å². The van der Waals surface area contributed by atoms with Gasteiger partial charge in [0.15, 0.2) is 0 Å². The van der Waals surface area contributed by atoms with E-state index in [0.717, 1.165) is 5.56 Å². The minimum Gasteiger partial charge on any atom is -0.330 e. The van der Waals surface area contributed by atoms with Crippen LogP contribution in [0.3, 0.4) is 0 Å². The Labute approximate surface area is 101 Å². The molecule has 0 heterocycles. The SMILES string of the molecule is NCCC(=O)N(CCN)OCc1ccccc1. The first-order chi connectivity index (χ1) is 8.27. The Morgan fingerprint density at radius 3 is 2.47 bits per heavy atom. The summed E-state index contributed by atoms with van der Waals surface area (Å²) in [6.45, 7) is 1.42. The van der Waals surface area contributed by atoms with E-state index < -0.39 is 0 Å². The summed E-state index contributed by atoms with van der Waals surface area (Å²) in [5.41, 5.74) is 11.8. The molecule has 5 nitrogen and oxygen atoms in total. The first-order valence-electron chi connectivity index (χ1n) is 5.65. The van der Waals surface area contributed by atoms with Crippen LogP contribution in [0.5, 0.6) is 0 Å². The summed E-state index contributed by atoms with van der Waals surface area (Å²) in [4.78, 5) is 17.1. The number of benzene rings is 1. The number of rotatable bonds is 7. The lowest BCUT2D eigenvalue weighted by molar-refractivity contribution is -0.190. The zero-order valence-corrected chi connectivity index (χ0v) is 9.84. The van der Waals surface area contributed by atoms with E-state index in [-0.39, 0.29) is 12.3 Å². The lowest BCUT2D eigenvalue weighted by atomic mass is 10.2. The van der Waals surface area contributed by atoms with E-state index in [4.69, 9.17) is 16.3 Å². The van der Waals surface area contributed by atoms with Crippen LogP contribution >= 0.6 is 0 Å². The number of hydrogen-bond acceptors (Lipinski definition) is 4. The molecule has 0 aromatic heterocycles. The predicted octanol–water partition coefficient (Wildman–Crippen LogP) is 0.254. The van der Waals surface area contributed by atoms with Gasteiger partial charge in [-0.25, -0.2) is 5.06 Å². The number of carbonyl (C=O) groups is 1. The van der Waals surface area contributed by atoms with E-state index in [1.54, 1.807) is 0 Å². The van der Waals surface area contributed by atoms with E-state index in [9.17, 15) is 4.79 Å². The van der Waals surface area contributed by atoms with E-state index in [1.807, 2.05) is 30.3 Å². The van der Waals surface area contributed by atoms with Gasteiger partial charge in [0, 0.05) is 19.5 Å². The Kier molecular flexibility index (Phi) is 6.24. The zero-order chi connectivity index (χ0) is 12.5. The summed E-state index contributed by atoms with van der Waals surface area (Å²) in [6.07, 6.45) is 0.273. The maximum atomic E-state index is 11.6. The summed E-state index contributed by atoms with van der Waals surface area (Å²) < 4.78 is 0. The summed E-state index contributed by atoms with van der Waals surface area (Å²) in [6, 6.07) is 9.66. The second-order valence-electron chi connectivity index (χ2n) is 3.58. The zero-order valence-electron chi connectivity index (χ0n) is 9.84. The van der Waals surface area contributed by atoms with Gasteiger partial charge in [-0.1, -0.05) is 30.3 Å². The second-order valence-corrected chi connectivity index (χ2v) is 3.58. The fourth-order valence-corrected chi connectivity index (χ4v) is 1.35. The summed E-state index contributed by atoms with van der Waals surface area (Å²) in [5, 5.41) is 1.29. The lowest BCUT2D eigenvalue weighted by Gasteiger charge is -2.21. The smallest absolute Gasteiger partial charge is 0.247 e. The molecule has 1 rings (SSSR count). The van der Waals surface area contributed by atoms with Crippen LogP contribution in [-0.4, -0.2) is 30.6 Å². The molecule has 0 fully saturated rings. The molecule has 0 unspecified atom stereocenters. The van der Waals surface area contributed by atoms with Crippen molar-refractivity contribution in [1.82, 2.24) is 5.06 Å². The standard InChI is InChI=1S/C12H19N3O2/c13-7-6-12(16)15(9-8-14)17-10-11-4-2-1-3-5-11/h1-5H,6-10,13-14H2. The molecular weight excluding hydrogens is 218 g/mol. The molecule has 1 amide bonds. The van der Waals surface area contributed by atoms with Crippen LogP contribution in [0.25, 0.3) is 0 Å². The van der Waals surface area contributed by atoms with Crippen LogP contribution in [0.4, 0.5) is 0 Å². The molecule has 0 spiro atoms. The van der Waals surface area contributed by atoms with Crippen molar-refractivity contribution in [3.05, 3.63) is 35.9 Å². The molecule has 1 aromatic rings. The normalized spacial score (nSPS) is 10.2. The fraction of sp³-hybridized carbons (Fsp3) is 0.417. The molecule has 0 saturated carbocycles. The molecule has 0 radical (unpaired) electrons. The average molecular weight is 237 g/mol. The monoisotopic (exact) mass is 237 g/mol. The molecule has 1 aromatic carbocycles. The minimum atomic E-state index is -0.131. The lowest BCUT2D eigenvalue weighted by Crippen LogP contribution is -2.36. The highest BCUT2D eigenvalue weighted by Gasteiger charge is 2.12. The van der Waals surface area contributed by atoms with Crippen molar-refractivity contribution in [2.75, 3.05) is 19.6 Å². The highest BCUT2D eigenvalue weighted by molar-refractivity contribution is 5.75. The molecule has 0 aliphatic rings. The predicted molar refractivity (Wildman–Crippen MR) is 65.7 cm³/mol. The number of carbonyl (C=O) groups excluding carboxylic acids is 1. The molecule has 0 atom stereocenters. The first-order valence-corrected chi connectivity index (χ1v) is 5.65. The molecule has 0 bridgehead atoms. The van der Waals surface area contributed by atoms with Gasteiger partial charge in [0.2, 0.25) is 5.91 Å². The van der Waals surface area contributed by atoms with E-state index in [1.165, 1.54) is 5.06 Å². The molecule has 0 aliphatic carbocycles. The Hall–Kier alpha value is -1.43. The van der Waals surface area contributed by atoms with E-state index in [0.29, 0.717) is 26.2 Å². The van der Waals surface area contributed by atoms with Crippen LogP contribution in [0.2, 0.25) is 0 Å². The number of nitrogens with zero attached hydrogens (tertiary/aromatic N) is 1. The van der Waals surface area contributed by atoms with Crippen LogP contribution < -0.4 is 11.5 Å². The molecular formula is C12H19N3O2. The Bertz CT molecular complexity index is 330. The number of nitrogens with two attached hydrogens (primary N) is 2. The first kappa shape index (κ1) is 13.6. The van der Waals surface area contributed by atoms with Crippen molar-refractivity contribution in [1.29, 1.82) is 0 Å². The van der Waals surface area contributed by atoms with Crippen molar-refractivity contribution < 1.29 is 9.63 Å². The van der Waals surface area contributed by atoms with Gasteiger partial charge in [0.1, 0.15) is 6.61 Å². The highest BCUT2D eigenvalue weighted by atomic mass is 16.7. The van der Waals surface area contributed by atoms with Crippen LogP contribution in [0, 0.1) is 0 Å². The third-order valence-electron chi connectivity index (χ3n) is 2.20. The van der Waals surface area contributed by atoms with Gasteiger partial charge in [0.25, 0.3) is 0 Å². The molecule has 0 aliphatic heterocycles. The average Bonchev–Trinajstić information content (AvgIpc) is 2.36. The fourth-order valence-electron chi connectivity index (χ4n) is 1.35. The molecule has 94 valence electrons. The largest absolute Gasteiger partial charge is 0.330 e. The molecule has 17 heavy (non-hydrogen) atoms. The number of amides is 1. The van der Waals surface area contributed by atoms with E-state index >= 15 is 0 Å². The van der Waals surface area contributed by atoms with Gasteiger partial charge in [-0.3, -0.25) is 9.63 Å². The van der Waals surface area contributed by atoms with Gasteiger partial charge in [0.05, 0.1) is 6.54 Å². The van der Waals surface area contributed by atoms with E-state index in [2.05, 4.69) is 0 Å².